The van der Waals surface area contributed by atoms with Gasteiger partial charge in [0.25, 0.3) is 15.1 Å². The van der Waals surface area contributed by atoms with Crippen molar-refractivity contribution in [3.63, 3.8) is 0 Å². The average molecular weight is 550 g/mol. The molecule has 4 rings (SSSR count). The van der Waals surface area contributed by atoms with Crippen molar-refractivity contribution in [2.24, 2.45) is 0 Å². The number of fused-ring (bicyclic) bond motifs is 2. The maximum Gasteiger partial charge on any atom is 0.264 e. The molecule has 0 amide bonds. The largest absolute Gasteiger partial charge is 0.497 e. The van der Waals surface area contributed by atoms with E-state index in [0.717, 1.165) is 54.2 Å². The smallest absolute Gasteiger partial charge is 0.264 e. The molecule has 0 spiro atoms. The van der Waals surface area contributed by atoms with E-state index < -0.39 is 10.1 Å². The first-order valence-electron chi connectivity index (χ1n) is 11.2. The SMILES string of the molecule is COc1ccc2c(c1)N(CCO)/C(=C/C(C)=C/c1sc3ccc(OC)cc3[n+]1CCOS(C)(=O)=O)S2. The first kappa shape index (κ1) is 26.5. The topological polar surface area (TPSA) is 89.2 Å². The summed E-state index contributed by atoms with van der Waals surface area (Å²) < 4.78 is 41.9. The van der Waals surface area contributed by atoms with Crippen LogP contribution in [-0.4, -0.2) is 53.8 Å². The number of anilines is 1. The normalized spacial score (nSPS) is 15.1. The molecular formula is C25H29N2O6S3+. The molecule has 0 unspecified atom stereocenters. The van der Waals surface area contributed by atoms with Gasteiger partial charge in [-0.05, 0) is 42.8 Å². The van der Waals surface area contributed by atoms with Gasteiger partial charge in [-0.25, -0.2) is 0 Å². The third kappa shape index (κ3) is 6.04. The lowest BCUT2D eigenvalue weighted by atomic mass is 10.2. The summed E-state index contributed by atoms with van der Waals surface area (Å²) >= 11 is 3.26. The minimum absolute atomic E-state index is 0.0236. The molecule has 1 aliphatic heterocycles. The number of allylic oxidation sites excluding steroid dienone is 2. The molecular weight excluding hydrogens is 520 g/mol. The van der Waals surface area contributed by atoms with Gasteiger partial charge in [-0.3, -0.25) is 4.18 Å². The summed E-state index contributed by atoms with van der Waals surface area (Å²) in [6, 6.07) is 11.8. The van der Waals surface area contributed by atoms with Crippen molar-refractivity contribution in [1.82, 2.24) is 0 Å². The Hall–Kier alpha value is -2.57. The van der Waals surface area contributed by atoms with Crippen LogP contribution in [0.3, 0.4) is 0 Å². The molecule has 3 aromatic rings. The molecule has 0 saturated carbocycles. The van der Waals surface area contributed by atoms with Crippen molar-refractivity contribution >= 4 is 55.2 Å². The molecule has 11 heteroatoms. The van der Waals surface area contributed by atoms with Gasteiger partial charge in [0.15, 0.2) is 6.54 Å². The van der Waals surface area contributed by atoms with Crippen LogP contribution in [-0.2, 0) is 20.8 Å². The van der Waals surface area contributed by atoms with E-state index in [2.05, 4.69) is 17.1 Å². The third-order valence-electron chi connectivity index (χ3n) is 5.51. The zero-order valence-corrected chi connectivity index (χ0v) is 23.0. The van der Waals surface area contributed by atoms with E-state index in [9.17, 15) is 13.5 Å². The number of β-amino-alcohol motifs (C(OH)–C–C–N with tert-alkyl or cyclic N) is 1. The summed E-state index contributed by atoms with van der Waals surface area (Å²) in [6.45, 7) is 2.92. The van der Waals surface area contributed by atoms with E-state index in [0.29, 0.717) is 13.1 Å². The van der Waals surface area contributed by atoms with Gasteiger partial charge in [-0.2, -0.15) is 13.0 Å². The Morgan fingerprint density at radius 2 is 1.86 bits per heavy atom. The summed E-state index contributed by atoms with van der Waals surface area (Å²) in [5, 5.41) is 11.6. The van der Waals surface area contributed by atoms with Crippen molar-refractivity contribution in [2.45, 2.75) is 18.4 Å². The number of aliphatic hydroxyl groups excluding tert-OH is 1. The van der Waals surface area contributed by atoms with Crippen LogP contribution in [0, 0.1) is 0 Å². The van der Waals surface area contributed by atoms with E-state index in [4.69, 9.17) is 13.7 Å². The minimum atomic E-state index is -3.54. The van der Waals surface area contributed by atoms with Crippen LogP contribution >= 0.6 is 23.1 Å². The van der Waals surface area contributed by atoms with Crippen molar-refractivity contribution in [1.29, 1.82) is 0 Å². The van der Waals surface area contributed by atoms with Crippen LogP contribution in [0.15, 0.2) is 58.0 Å². The molecule has 1 aliphatic rings. The highest BCUT2D eigenvalue weighted by Crippen LogP contribution is 2.47. The minimum Gasteiger partial charge on any atom is -0.497 e. The number of methoxy groups -OCH3 is 2. The van der Waals surface area contributed by atoms with Crippen molar-refractivity contribution in [2.75, 3.05) is 45.1 Å². The molecule has 1 aromatic heterocycles. The Bertz CT molecular complexity index is 1430. The quantitative estimate of drug-likeness (QED) is 0.300. The molecule has 36 heavy (non-hydrogen) atoms. The van der Waals surface area contributed by atoms with Gasteiger partial charge in [0, 0.05) is 23.6 Å². The van der Waals surface area contributed by atoms with E-state index in [1.54, 1.807) is 37.3 Å². The fourth-order valence-corrected chi connectivity index (χ4v) is 6.64. The van der Waals surface area contributed by atoms with E-state index in [1.165, 1.54) is 0 Å². The molecule has 0 fully saturated rings. The molecule has 1 N–H and O–H groups in total. The lowest BCUT2D eigenvalue weighted by Crippen LogP contribution is -2.37. The number of aliphatic hydroxyl groups is 1. The fourth-order valence-electron chi connectivity index (χ4n) is 3.90. The summed E-state index contributed by atoms with van der Waals surface area (Å²) in [4.78, 5) is 3.19. The van der Waals surface area contributed by atoms with Crippen LogP contribution in [0.5, 0.6) is 11.5 Å². The van der Waals surface area contributed by atoms with Gasteiger partial charge in [0.2, 0.25) is 5.52 Å². The van der Waals surface area contributed by atoms with Crippen LogP contribution < -0.4 is 18.9 Å². The summed E-state index contributed by atoms with van der Waals surface area (Å²) in [5.74, 6) is 1.49. The monoisotopic (exact) mass is 549 g/mol. The Morgan fingerprint density at radius 1 is 1.14 bits per heavy atom. The predicted octanol–water partition coefficient (Wildman–Crippen LogP) is 4.03. The predicted molar refractivity (Wildman–Crippen MR) is 144 cm³/mol. The Kier molecular flexibility index (Phi) is 8.26. The van der Waals surface area contributed by atoms with Crippen molar-refractivity contribution in [3.8, 4) is 11.5 Å². The first-order chi connectivity index (χ1) is 17.2. The number of thiazole rings is 1. The van der Waals surface area contributed by atoms with Gasteiger partial charge < -0.3 is 19.5 Å². The van der Waals surface area contributed by atoms with Gasteiger partial charge >= 0.3 is 0 Å². The lowest BCUT2D eigenvalue weighted by Gasteiger charge is -2.19. The molecule has 8 nitrogen and oxygen atoms in total. The zero-order valence-electron chi connectivity index (χ0n) is 20.6. The van der Waals surface area contributed by atoms with E-state index >= 15 is 0 Å². The lowest BCUT2D eigenvalue weighted by molar-refractivity contribution is -0.669. The Labute approximate surface area is 219 Å². The summed E-state index contributed by atoms with van der Waals surface area (Å²) in [5.41, 5.74) is 2.96. The van der Waals surface area contributed by atoms with Crippen molar-refractivity contribution in [3.05, 3.63) is 58.1 Å². The number of hydrogen-bond donors (Lipinski definition) is 1. The number of hydrogen-bond acceptors (Lipinski definition) is 9. The van der Waals surface area contributed by atoms with E-state index in [1.807, 2.05) is 47.9 Å². The molecule has 2 heterocycles. The second kappa shape index (κ2) is 11.2. The van der Waals surface area contributed by atoms with Crippen LogP contribution in [0.25, 0.3) is 16.3 Å². The summed E-state index contributed by atoms with van der Waals surface area (Å²) in [7, 11) is -0.278. The molecule has 0 bridgehead atoms. The van der Waals surface area contributed by atoms with Crippen LogP contribution in [0.2, 0.25) is 0 Å². The average Bonchev–Trinajstić information content (AvgIpc) is 3.34. The maximum atomic E-state index is 11.5. The van der Waals surface area contributed by atoms with Gasteiger partial charge in [0.1, 0.15) is 22.8 Å². The number of aromatic nitrogens is 1. The molecule has 0 saturated heterocycles. The second-order valence-corrected chi connectivity index (χ2v) is 11.9. The second-order valence-electron chi connectivity index (χ2n) is 8.13. The number of ether oxygens (including phenoxy) is 2. The van der Waals surface area contributed by atoms with E-state index in [-0.39, 0.29) is 13.2 Å². The fraction of sp³-hybridized carbons (Fsp3) is 0.320. The summed E-state index contributed by atoms with van der Waals surface area (Å²) in [6.07, 6.45) is 5.22. The maximum absolute atomic E-state index is 11.5. The highest BCUT2D eigenvalue weighted by Gasteiger charge is 2.26. The molecule has 0 aliphatic carbocycles. The van der Waals surface area contributed by atoms with Crippen LogP contribution in [0.1, 0.15) is 11.9 Å². The molecule has 192 valence electrons. The zero-order chi connectivity index (χ0) is 25.9. The third-order valence-corrected chi connectivity index (χ3v) is 8.33. The highest BCUT2D eigenvalue weighted by molar-refractivity contribution is 8.03. The Balaban J connectivity index is 1.70. The number of thioether (sulfide) groups is 1. The van der Waals surface area contributed by atoms with Gasteiger partial charge in [-0.15, -0.1) is 0 Å². The molecule has 0 atom stereocenters. The molecule has 0 radical (unpaired) electrons. The Morgan fingerprint density at radius 3 is 2.56 bits per heavy atom. The van der Waals surface area contributed by atoms with Gasteiger partial charge in [0.05, 0.1) is 43.9 Å². The standard InChI is InChI=1S/C25H29N2O6S3/c1-17(13-24-26(9-11-28)20-15-18(31-2)5-7-22(20)34-24)14-25-27(10-12-33-36(4,29)30)21-16-19(32-3)6-8-23(21)35-25/h5-8,13-16,28H,9-12H2,1-4H3/q+1. The van der Waals surface area contributed by atoms with Crippen LogP contribution in [0.4, 0.5) is 5.69 Å². The van der Waals surface area contributed by atoms with Crippen molar-refractivity contribution < 1.29 is 31.7 Å². The highest BCUT2D eigenvalue weighted by atomic mass is 32.2. The first-order valence-corrected chi connectivity index (χ1v) is 14.7. The number of benzene rings is 2. The molecule has 2 aromatic carbocycles. The van der Waals surface area contributed by atoms with Gasteiger partial charge in [-0.1, -0.05) is 23.1 Å². The number of rotatable bonds is 10. The number of nitrogens with zero attached hydrogens (tertiary/aromatic N) is 2.